The van der Waals surface area contributed by atoms with E-state index in [9.17, 15) is 28.3 Å². The van der Waals surface area contributed by atoms with Gasteiger partial charge >= 0.3 is 17.8 Å². The molecule has 0 aliphatic carbocycles. The van der Waals surface area contributed by atoms with Crippen molar-refractivity contribution in [3.63, 3.8) is 0 Å². The van der Waals surface area contributed by atoms with Gasteiger partial charge in [-0.05, 0) is 47.9 Å². The second-order valence-electron chi connectivity index (χ2n) is 9.56. The molecule has 1 heterocycles. The first-order chi connectivity index (χ1) is 21.1. The predicted octanol–water partition coefficient (Wildman–Crippen LogP) is 5.29. The Morgan fingerprint density at radius 1 is 1.00 bits per heavy atom. The van der Waals surface area contributed by atoms with Crippen molar-refractivity contribution < 1.29 is 42.3 Å². The number of hydrogen-bond acceptors (Lipinski definition) is 9. The van der Waals surface area contributed by atoms with Crippen molar-refractivity contribution in [2.75, 3.05) is 13.3 Å². The van der Waals surface area contributed by atoms with Crippen molar-refractivity contribution >= 4 is 29.4 Å². The normalized spacial score (nSPS) is 11.7. The lowest BCUT2D eigenvalue weighted by Crippen LogP contribution is -2.47. The van der Waals surface area contributed by atoms with Crippen LogP contribution >= 0.6 is 11.6 Å². The van der Waals surface area contributed by atoms with Gasteiger partial charge in [-0.1, -0.05) is 60.1 Å². The number of aromatic nitrogens is 1. The van der Waals surface area contributed by atoms with E-state index in [2.05, 4.69) is 10.6 Å². The molecule has 0 saturated heterocycles. The second kappa shape index (κ2) is 15.2. The smallest absolute Gasteiger partial charge is 0.339 e. The van der Waals surface area contributed by atoms with Gasteiger partial charge in [-0.2, -0.15) is 0 Å². The molecule has 0 saturated carbocycles. The molecule has 1 aromatic heterocycles. The van der Waals surface area contributed by atoms with Crippen LogP contribution in [0.25, 0.3) is 22.4 Å². The zero-order valence-corrected chi connectivity index (χ0v) is 24.2. The molecule has 0 fully saturated rings. The number of aliphatic hydroxyl groups is 1. The van der Waals surface area contributed by atoms with Crippen LogP contribution in [-0.2, 0) is 25.6 Å². The topological polar surface area (TPSA) is 131 Å². The highest BCUT2D eigenvalue weighted by molar-refractivity contribution is 6.30. The van der Waals surface area contributed by atoms with Crippen LogP contribution in [0.2, 0.25) is 5.02 Å². The SMILES string of the molecule is CCCC(=O)OCOC(=O)C(O)CN(Cc1ccc(-c2cc(Cl)ccc2F)cc1)NC(=O)c1cc(-c2ccccc2F)no1. The number of ether oxygens (including phenoxy) is 2. The molecular weight excluding hydrogens is 600 g/mol. The van der Waals surface area contributed by atoms with Crippen LogP contribution in [0.5, 0.6) is 0 Å². The molecule has 13 heteroatoms. The Morgan fingerprint density at radius 2 is 1.73 bits per heavy atom. The molecular formula is C31H28ClF2N3O7. The molecule has 10 nitrogen and oxygen atoms in total. The number of aliphatic hydroxyl groups excluding tert-OH is 1. The van der Waals surface area contributed by atoms with Gasteiger partial charge in [-0.15, -0.1) is 0 Å². The molecule has 0 spiro atoms. The molecule has 1 unspecified atom stereocenters. The molecule has 4 aromatic rings. The molecule has 0 bridgehead atoms. The molecule has 3 aromatic carbocycles. The summed E-state index contributed by atoms with van der Waals surface area (Å²) >= 11 is 6.01. The van der Waals surface area contributed by atoms with Crippen LogP contribution in [0.1, 0.15) is 35.9 Å². The number of nitrogens with one attached hydrogen (secondary N) is 1. The van der Waals surface area contributed by atoms with Crippen molar-refractivity contribution in [3.8, 4) is 22.4 Å². The lowest BCUT2D eigenvalue weighted by Gasteiger charge is -2.24. The molecule has 4 rings (SSSR count). The van der Waals surface area contributed by atoms with Crippen molar-refractivity contribution in [2.45, 2.75) is 32.4 Å². The van der Waals surface area contributed by atoms with E-state index in [-0.39, 0.29) is 30.0 Å². The van der Waals surface area contributed by atoms with Gasteiger partial charge in [-0.25, -0.2) is 18.6 Å². The number of carbonyl (C=O) groups is 3. The lowest BCUT2D eigenvalue weighted by atomic mass is 10.0. The molecule has 1 atom stereocenters. The minimum absolute atomic E-state index is 0.0335. The average molecular weight is 628 g/mol. The highest BCUT2D eigenvalue weighted by atomic mass is 35.5. The van der Waals surface area contributed by atoms with E-state index in [4.69, 9.17) is 25.6 Å². The van der Waals surface area contributed by atoms with E-state index in [0.717, 1.165) is 0 Å². The van der Waals surface area contributed by atoms with Crippen LogP contribution in [0, 0.1) is 11.6 Å². The molecule has 230 valence electrons. The van der Waals surface area contributed by atoms with Crippen molar-refractivity contribution in [1.82, 2.24) is 15.6 Å². The Bertz CT molecular complexity index is 1610. The molecule has 0 aliphatic rings. The fourth-order valence-corrected chi connectivity index (χ4v) is 4.24. The van der Waals surface area contributed by atoms with Crippen LogP contribution < -0.4 is 5.43 Å². The van der Waals surface area contributed by atoms with Crippen LogP contribution in [-0.4, -0.2) is 52.6 Å². The zero-order valence-electron chi connectivity index (χ0n) is 23.5. The van der Waals surface area contributed by atoms with Gasteiger partial charge in [0.1, 0.15) is 17.3 Å². The fraction of sp³-hybridized carbons (Fsp3) is 0.226. The van der Waals surface area contributed by atoms with Crippen molar-refractivity contribution in [1.29, 1.82) is 0 Å². The van der Waals surface area contributed by atoms with Gasteiger partial charge in [0.25, 0.3) is 0 Å². The number of hydrogen-bond donors (Lipinski definition) is 2. The summed E-state index contributed by atoms with van der Waals surface area (Å²) in [5.41, 5.74) is 4.20. The van der Waals surface area contributed by atoms with Crippen molar-refractivity contribution in [3.05, 3.63) is 101 Å². The third kappa shape index (κ3) is 8.69. The number of esters is 2. The van der Waals surface area contributed by atoms with Gasteiger partial charge in [-0.3, -0.25) is 15.0 Å². The van der Waals surface area contributed by atoms with E-state index in [0.29, 0.717) is 28.1 Å². The summed E-state index contributed by atoms with van der Waals surface area (Å²) in [5, 5.41) is 15.9. The number of carbonyl (C=O) groups excluding carboxylic acids is 3. The predicted molar refractivity (Wildman–Crippen MR) is 155 cm³/mol. The summed E-state index contributed by atoms with van der Waals surface area (Å²) < 4.78 is 43.3. The first kappa shape index (κ1) is 32.3. The number of hydrazine groups is 1. The van der Waals surface area contributed by atoms with E-state index in [1.165, 1.54) is 47.5 Å². The number of rotatable bonds is 13. The molecule has 0 radical (unpaired) electrons. The Morgan fingerprint density at radius 3 is 2.45 bits per heavy atom. The Balaban J connectivity index is 1.48. The highest BCUT2D eigenvalue weighted by Crippen LogP contribution is 2.27. The summed E-state index contributed by atoms with van der Waals surface area (Å²) in [6, 6.07) is 17.9. The number of benzene rings is 3. The van der Waals surface area contributed by atoms with Gasteiger partial charge in [0.2, 0.25) is 12.6 Å². The summed E-state index contributed by atoms with van der Waals surface area (Å²) in [6.07, 6.45) is -1.07. The Labute approximate surface area is 256 Å². The maximum absolute atomic E-state index is 14.3. The molecule has 0 aliphatic heterocycles. The first-order valence-corrected chi connectivity index (χ1v) is 13.8. The standard InChI is InChI=1S/C31H28ClF2N3O7/c1-2-5-29(39)42-18-43-31(41)27(38)17-37(16-19-8-10-20(11-9-19)23-14-21(32)12-13-25(23)34)35-30(40)28-15-26(36-44-28)22-6-3-4-7-24(22)33/h3-4,6-15,27,38H,2,5,16-18H2,1H3,(H,35,40). The van der Waals surface area contributed by atoms with Gasteiger partial charge in [0.05, 0.1) is 6.54 Å². The van der Waals surface area contributed by atoms with E-state index >= 15 is 0 Å². The second-order valence-corrected chi connectivity index (χ2v) is 10.00. The maximum atomic E-state index is 14.3. The molecule has 44 heavy (non-hydrogen) atoms. The summed E-state index contributed by atoms with van der Waals surface area (Å²) in [5.74, 6) is -3.74. The van der Waals surface area contributed by atoms with Crippen molar-refractivity contribution in [2.24, 2.45) is 0 Å². The monoisotopic (exact) mass is 627 g/mol. The van der Waals surface area contributed by atoms with Crippen LogP contribution in [0.15, 0.2) is 77.3 Å². The minimum Gasteiger partial charge on any atom is -0.428 e. The number of halogens is 3. The summed E-state index contributed by atoms with van der Waals surface area (Å²) in [6.45, 7) is 0.614. The van der Waals surface area contributed by atoms with Crippen LogP contribution in [0.4, 0.5) is 8.78 Å². The highest BCUT2D eigenvalue weighted by Gasteiger charge is 2.25. The third-order valence-electron chi connectivity index (χ3n) is 6.25. The largest absolute Gasteiger partial charge is 0.428 e. The third-order valence-corrected chi connectivity index (χ3v) is 6.49. The molecule has 2 N–H and O–H groups in total. The summed E-state index contributed by atoms with van der Waals surface area (Å²) in [7, 11) is 0. The Hall–Kier alpha value is -4.65. The van der Waals surface area contributed by atoms with Gasteiger partial charge in [0.15, 0.2) is 6.10 Å². The molecule has 1 amide bonds. The van der Waals surface area contributed by atoms with Crippen LogP contribution in [0.3, 0.4) is 0 Å². The first-order valence-electron chi connectivity index (χ1n) is 13.5. The summed E-state index contributed by atoms with van der Waals surface area (Å²) in [4.78, 5) is 36.9. The fourth-order valence-electron chi connectivity index (χ4n) is 4.06. The van der Waals surface area contributed by atoms with E-state index < -0.39 is 48.9 Å². The number of amides is 1. The quantitative estimate of drug-likeness (QED) is 0.115. The van der Waals surface area contributed by atoms with Gasteiger partial charge in [0, 0.05) is 35.2 Å². The minimum atomic E-state index is -1.76. The van der Waals surface area contributed by atoms with E-state index in [1.807, 2.05) is 0 Å². The zero-order chi connectivity index (χ0) is 31.6. The Kier molecular flexibility index (Phi) is 11.1. The van der Waals surface area contributed by atoms with Gasteiger partial charge < -0.3 is 19.1 Å². The number of nitrogens with zero attached hydrogens (tertiary/aromatic N) is 2. The maximum Gasteiger partial charge on any atom is 0.339 e. The average Bonchev–Trinajstić information content (AvgIpc) is 3.49. The van der Waals surface area contributed by atoms with E-state index in [1.54, 1.807) is 37.3 Å². The lowest BCUT2D eigenvalue weighted by molar-refractivity contribution is -0.174.